The molecule has 1 aliphatic rings. The summed E-state index contributed by atoms with van der Waals surface area (Å²) in [7, 11) is 0. The van der Waals surface area contributed by atoms with Crippen molar-refractivity contribution in [1.82, 2.24) is 15.5 Å². The number of rotatable bonds is 5. The number of nitrogens with zero attached hydrogens (tertiary/aromatic N) is 2. The Hall–Kier alpha value is -2.44. The van der Waals surface area contributed by atoms with E-state index in [1.165, 1.54) is 0 Å². The Kier molecular flexibility index (Phi) is 3.56. The highest BCUT2D eigenvalue weighted by molar-refractivity contribution is 6.06. The van der Waals surface area contributed by atoms with Gasteiger partial charge in [0, 0.05) is 18.2 Å². The van der Waals surface area contributed by atoms with Crippen LogP contribution in [0.2, 0.25) is 0 Å². The minimum atomic E-state index is -0.944. The van der Waals surface area contributed by atoms with Crippen LogP contribution >= 0.6 is 0 Å². The lowest BCUT2D eigenvalue weighted by Gasteiger charge is -2.10. The van der Waals surface area contributed by atoms with Gasteiger partial charge in [-0.15, -0.1) is 0 Å². The van der Waals surface area contributed by atoms with Crippen LogP contribution in [0.1, 0.15) is 47.4 Å². The number of aryl methyl sites for hydroxylation is 1. The molecule has 2 aromatic rings. The third-order valence-electron chi connectivity index (χ3n) is 3.87. The fourth-order valence-electron chi connectivity index (χ4n) is 2.31. The van der Waals surface area contributed by atoms with Crippen LogP contribution in [0.4, 0.5) is 0 Å². The van der Waals surface area contributed by atoms with Gasteiger partial charge in [-0.3, -0.25) is 9.59 Å². The molecule has 1 amide bonds. The zero-order valence-corrected chi connectivity index (χ0v) is 12.4. The summed E-state index contributed by atoms with van der Waals surface area (Å²) in [6.07, 6.45) is 2.12. The average molecular weight is 303 g/mol. The molecule has 1 atom stereocenters. The summed E-state index contributed by atoms with van der Waals surface area (Å²) in [5.74, 6) is -1.54. The first-order valence-corrected chi connectivity index (χ1v) is 7.25. The first kappa shape index (κ1) is 14.5. The Morgan fingerprint density at radius 3 is 2.86 bits per heavy atom. The van der Waals surface area contributed by atoms with Gasteiger partial charge in [-0.1, -0.05) is 12.1 Å². The number of fused-ring (bicyclic) bond motifs is 1. The minimum Gasteiger partial charge on any atom is -0.481 e. The standard InChI is InChI=1S/C15H17N3O4/c1-7(15(20)21)6-16-13(19)10-5-11(9-3-4-9)17-14-12(10)8(2)18-22-14/h5,7,9H,3-4,6H2,1-2H3,(H,16,19)(H,20,21). The second-order valence-corrected chi connectivity index (χ2v) is 5.77. The molecule has 0 saturated heterocycles. The number of carbonyl (C=O) groups is 2. The van der Waals surface area contributed by atoms with Gasteiger partial charge in [-0.25, -0.2) is 4.98 Å². The molecule has 2 N–H and O–H groups in total. The van der Waals surface area contributed by atoms with Gasteiger partial charge < -0.3 is 14.9 Å². The van der Waals surface area contributed by atoms with Crippen molar-refractivity contribution in [2.24, 2.45) is 5.92 Å². The largest absolute Gasteiger partial charge is 0.481 e. The molecule has 0 radical (unpaired) electrons. The maximum atomic E-state index is 12.4. The van der Waals surface area contributed by atoms with E-state index < -0.39 is 11.9 Å². The lowest BCUT2D eigenvalue weighted by molar-refractivity contribution is -0.140. The predicted octanol–water partition coefficient (Wildman–Crippen LogP) is 1.86. The smallest absolute Gasteiger partial charge is 0.308 e. The van der Waals surface area contributed by atoms with Crippen molar-refractivity contribution in [3.05, 3.63) is 23.0 Å². The number of pyridine rings is 1. The van der Waals surface area contributed by atoms with E-state index in [0.717, 1.165) is 18.5 Å². The van der Waals surface area contributed by atoms with Crippen LogP contribution in [0.5, 0.6) is 0 Å². The van der Waals surface area contributed by atoms with Gasteiger partial charge in [-0.05, 0) is 25.8 Å². The van der Waals surface area contributed by atoms with Crippen LogP contribution in [-0.4, -0.2) is 33.7 Å². The number of hydrogen-bond acceptors (Lipinski definition) is 5. The summed E-state index contributed by atoms with van der Waals surface area (Å²) in [5, 5.41) is 16.0. The summed E-state index contributed by atoms with van der Waals surface area (Å²) in [6, 6.07) is 1.77. The lowest BCUT2D eigenvalue weighted by atomic mass is 10.1. The molecule has 0 aromatic carbocycles. The third kappa shape index (κ3) is 2.66. The van der Waals surface area contributed by atoms with Crippen LogP contribution in [0.25, 0.3) is 11.1 Å². The number of hydrogen-bond donors (Lipinski definition) is 2. The van der Waals surface area contributed by atoms with Gasteiger partial charge in [0.25, 0.3) is 11.6 Å². The quantitative estimate of drug-likeness (QED) is 0.873. The van der Waals surface area contributed by atoms with Crippen molar-refractivity contribution in [3.63, 3.8) is 0 Å². The van der Waals surface area contributed by atoms with Gasteiger partial charge in [0.1, 0.15) is 0 Å². The third-order valence-corrected chi connectivity index (χ3v) is 3.87. The van der Waals surface area contributed by atoms with E-state index in [9.17, 15) is 9.59 Å². The molecule has 1 unspecified atom stereocenters. The van der Waals surface area contributed by atoms with Gasteiger partial charge in [0.05, 0.1) is 22.6 Å². The molecular formula is C15H17N3O4. The first-order valence-electron chi connectivity index (χ1n) is 7.25. The fourth-order valence-corrected chi connectivity index (χ4v) is 2.31. The van der Waals surface area contributed by atoms with Crippen LogP contribution in [0, 0.1) is 12.8 Å². The van der Waals surface area contributed by atoms with Crippen molar-refractivity contribution in [2.75, 3.05) is 6.54 Å². The maximum absolute atomic E-state index is 12.4. The van der Waals surface area contributed by atoms with Crippen molar-refractivity contribution in [1.29, 1.82) is 0 Å². The highest BCUT2D eigenvalue weighted by Crippen LogP contribution is 2.40. The summed E-state index contributed by atoms with van der Waals surface area (Å²) in [4.78, 5) is 27.7. The fraction of sp³-hybridized carbons (Fsp3) is 0.467. The SMILES string of the molecule is Cc1noc2nc(C3CC3)cc(C(=O)NCC(C)C(=O)O)c12. The van der Waals surface area contributed by atoms with E-state index in [1.54, 1.807) is 19.9 Å². The number of amides is 1. The number of nitrogens with one attached hydrogen (secondary N) is 1. The van der Waals surface area contributed by atoms with E-state index in [4.69, 9.17) is 9.63 Å². The van der Waals surface area contributed by atoms with Gasteiger partial charge in [0.2, 0.25) is 0 Å². The van der Waals surface area contributed by atoms with Crippen LogP contribution in [0.15, 0.2) is 10.6 Å². The summed E-state index contributed by atoms with van der Waals surface area (Å²) < 4.78 is 5.19. The van der Waals surface area contributed by atoms with Gasteiger partial charge in [-0.2, -0.15) is 0 Å². The molecular weight excluding hydrogens is 286 g/mol. The molecule has 0 aliphatic heterocycles. The van der Waals surface area contributed by atoms with E-state index in [2.05, 4.69) is 15.5 Å². The zero-order valence-electron chi connectivity index (χ0n) is 12.4. The van der Waals surface area contributed by atoms with Crippen molar-refractivity contribution in [3.8, 4) is 0 Å². The zero-order chi connectivity index (χ0) is 15.9. The number of aliphatic carboxylic acids is 1. The molecule has 7 nitrogen and oxygen atoms in total. The topological polar surface area (TPSA) is 105 Å². The number of carboxylic acid groups (broad SMARTS) is 1. The number of carboxylic acids is 1. The number of aromatic nitrogens is 2. The molecule has 2 aromatic heterocycles. The lowest BCUT2D eigenvalue weighted by Crippen LogP contribution is -2.31. The molecule has 1 saturated carbocycles. The van der Waals surface area contributed by atoms with Crippen molar-refractivity contribution in [2.45, 2.75) is 32.6 Å². The van der Waals surface area contributed by atoms with Crippen molar-refractivity contribution >= 4 is 23.0 Å². The van der Waals surface area contributed by atoms with E-state index in [-0.39, 0.29) is 12.5 Å². The molecule has 116 valence electrons. The van der Waals surface area contributed by atoms with Crippen LogP contribution in [-0.2, 0) is 4.79 Å². The van der Waals surface area contributed by atoms with Gasteiger partial charge in [0.15, 0.2) is 0 Å². The Balaban J connectivity index is 1.92. The van der Waals surface area contributed by atoms with Gasteiger partial charge >= 0.3 is 5.97 Å². The van der Waals surface area contributed by atoms with E-state index in [1.807, 2.05) is 0 Å². The van der Waals surface area contributed by atoms with Crippen molar-refractivity contribution < 1.29 is 19.2 Å². The van der Waals surface area contributed by atoms with E-state index >= 15 is 0 Å². The monoisotopic (exact) mass is 303 g/mol. The highest BCUT2D eigenvalue weighted by atomic mass is 16.5. The predicted molar refractivity (Wildman–Crippen MR) is 77.6 cm³/mol. The Morgan fingerprint density at radius 1 is 1.50 bits per heavy atom. The normalized spacial score (nSPS) is 15.7. The molecule has 0 spiro atoms. The molecule has 1 fully saturated rings. The maximum Gasteiger partial charge on any atom is 0.308 e. The molecule has 3 rings (SSSR count). The Morgan fingerprint density at radius 2 is 2.23 bits per heavy atom. The Labute approximate surface area is 126 Å². The Bertz CT molecular complexity index is 749. The summed E-state index contributed by atoms with van der Waals surface area (Å²) in [5.41, 5.74) is 2.24. The molecule has 1 aliphatic carbocycles. The minimum absolute atomic E-state index is 0.0705. The molecule has 2 heterocycles. The highest BCUT2D eigenvalue weighted by Gasteiger charge is 2.28. The summed E-state index contributed by atoms with van der Waals surface area (Å²) >= 11 is 0. The molecule has 7 heteroatoms. The first-order chi connectivity index (χ1) is 10.5. The van der Waals surface area contributed by atoms with E-state index in [0.29, 0.717) is 28.3 Å². The summed E-state index contributed by atoms with van der Waals surface area (Å²) in [6.45, 7) is 3.37. The molecule has 0 bridgehead atoms. The second kappa shape index (κ2) is 5.40. The van der Waals surface area contributed by atoms with Crippen LogP contribution in [0.3, 0.4) is 0 Å². The average Bonchev–Trinajstić information content (AvgIpc) is 3.28. The molecule has 22 heavy (non-hydrogen) atoms. The van der Waals surface area contributed by atoms with Crippen LogP contribution < -0.4 is 5.32 Å². The number of carbonyl (C=O) groups excluding carboxylic acids is 1. The second-order valence-electron chi connectivity index (χ2n) is 5.77.